The number of ether oxygens (including phenoxy) is 1. The fourth-order valence-corrected chi connectivity index (χ4v) is 5.41. The zero-order chi connectivity index (χ0) is 27.6. The summed E-state index contributed by atoms with van der Waals surface area (Å²) in [5.41, 5.74) is 1.95. The second kappa shape index (κ2) is 11.1. The first kappa shape index (κ1) is 27.5. The van der Waals surface area contributed by atoms with Crippen molar-refractivity contribution in [2.24, 2.45) is 0 Å². The molecule has 38 heavy (non-hydrogen) atoms. The van der Waals surface area contributed by atoms with E-state index in [-0.39, 0.29) is 10.7 Å². The molecule has 0 radical (unpaired) electrons. The van der Waals surface area contributed by atoms with Crippen LogP contribution < -0.4 is 14.8 Å². The summed E-state index contributed by atoms with van der Waals surface area (Å²) in [6.07, 6.45) is 1.91. The Labute approximate surface area is 227 Å². The lowest BCUT2D eigenvalue weighted by atomic mass is 10.1. The molecule has 0 aliphatic heterocycles. The van der Waals surface area contributed by atoms with E-state index in [1.54, 1.807) is 31.3 Å². The molecule has 1 amide bonds. The summed E-state index contributed by atoms with van der Waals surface area (Å²) in [5, 5.41) is 2.96. The van der Waals surface area contributed by atoms with Crippen molar-refractivity contribution in [3.8, 4) is 17.0 Å². The molecule has 2 aromatic carbocycles. The van der Waals surface area contributed by atoms with E-state index in [9.17, 15) is 22.0 Å². The van der Waals surface area contributed by atoms with Gasteiger partial charge in [0.25, 0.3) is 5.91 Å². The molecule has 12 heteroatoms. The molecule has 0 fully saturated rings. The molecule has 0 saturated heterocycles. The molecule has 0 unspecified atom stereocenters. The molecule has 1 atom stereocenters. The quantitative estimate of drug-likeness (QED) is 0.240. The van der Waals surface area contributed by atoms with Crippen molar-refractivity contribution in [3.63, 3.8) is 0 Å². The Morgan fingerprint density at radius 1 is 1.08 bits per heavy atom. The van der Waals surface area contributed by atoms with Crippen LogP contribution in [0.25, 0.3) is 11.3 Å². The Balaban J connectivity index is 1.58. The highest BCUT2D eigenvalue weighted by molar-refractivity contribution is 7.92. The van der Waals surface area contributed by atoms with Crippen molar-refractivity contribution in [3.05, 3.63) is 92.8 Å². The van der Waals surface area contributed by atoms with Crippen molar-refractivity contribution >= 4 is 50.2 Å². The van der Waals surface area contributed by atoms with Gasteiger partial charge in [0.15, 0.2) is 0 Å². The fourth-order valence-electron chi connectivity index (χ4n) is 3.71. The number of nitrogens with zero attached hydrogens (tertiary/aromatic N) is 1. The number of halogens is 3. The van der Waals surface area contributed by atoms with Crippen molar-refractivity contribution in [1.29, 1.82) is 0 Å². The van der Waals surface area contributed by atoms with Gasteiger partial charge in [0.1, 0.15) is 29.2 Å². The smallest absolute Gasteiger partial charge is 0.265 e. The summed E-state index contributed by atoms with van der Waals surface area (Å²) in [5.74, 6) is -1.46. The normalized spacial score (nSPS) is 12.2. The number of nitrogens with one attached hydrogen (secondary N) is 2. The van der Waals surface area contributed by atoms with Gasteiger partial charge in [0.05, 0.1) is 16.8 Å². The van der Waals surface area contributed by atoms with Crippen LogP contribution in [-0.2, 0) is 10.0 Å². The first-order valence-corrected chi connectivity index (χ1v) is 14.2. The highest BCUT2D eigenvalue weighted by atomic mass is 35.5. The van der Waals surface area contributed by atoms with Crippen LogP contribution in [0.4, 0.5) is 20.2 Å². The maximum atomic E-state index is 13.7. The molecule has 0 bridgehead atoms. The zero-order valence-corrected chi connectivity index (χ0v) is 22.8. The van der Waals surface area contributed by atoms with Crippen molar-refractivity contribution in [2.45, 2.75) is 20.0 Å². The third-order valence-electron chi connectivity index (χ3n) is 5.28. The maximum absolute atomic E-state index is 13.7. The third-order valence-corrected chi connectivity index (χ3v) is 7.16. The van der Waals surface area contributed by atoms with Gasteiger partial charge in [0.2, 0.25) is 10.0 Å². The van der Waals surface area contributed by atoms with Gasteiger partial charge in [-0.25, -0.2) is 17.2 Å². The molecular formula is C26H22ClF2N3O4S2. The predicted molar refractivity (Wildman–Crippen MR) is 146 cm³/mol. The second-order valence-electron chi connectivity index (χ2n) is 8.45. The second-order valence-corrected chi connectivity index (χ2v) is 11.9. The highest BCUT2D eigenvalue weighted by Crippen LogP contribution is 2.37. The van der Waals surface area contributed by atoms with Crippen LogP contribution in [0.2, 0.25) is 5.02 Å². The van der Waals surface area contributed by atoms with Crippen LogP contribution in [0.3, 0.4) is 0 Å². The largest absolute Gasteiger partial charge is 0.484 e. The van der Waals surface area contributed by atoms with Crippen LogP contribution in [0, 0.1) is 18.6 Å². The van der Waals surface area contributed by atoms with E-state index in [0.29, 0.717) is 33.1 Å². The average Bonchev–Trinajstić information content (AvgIpc) is 3.19. The number of aryl methyl sites for hydroxylation is 1. The average molecular weight is 578 g/mol. The summed E-state index contributed by atoms with van der Waals surface area (Å²) >= 11 is 7.32. The number of aromatic nitrogens is 1. The Hall–Kier alpha value is -3.54. The van der Waals surface area contributed by atoms with E-state index >= 15 is 0 Å². The van der Waals surface area contributed by atoms with Gasteiger partial charge >= 0.3 is 0 Å². The van der Waals surface area contributed by atoms with E-state index in [0.717, 1.165) is 17.2 Å². The summed E-state index contributed by atoms with van der Waals surface area (Å²) in [6.45, 7) is 3.50. The zero-order valence-electron chi connectivity index (χ0n) is 20.4. The summed E-state index contributed by atoms with van der Waals surface area (Å²) in [6, 6.07) is 12.6. The number of amides is 1. The van der Waals surface area contributed by atoms with Gasteiger partial charge in [-0.3, -0.25) is 14.5 Å². The van der Waals surface area contributed by atoms with Gasteiger partial charge in [0, 0.05) is 33.4 Å². The fraction of sp³-hybridized carbons (Fsp3) is 0.154. The van der Waals surface area contributed by atoms with E-state index in [1.165, 1.54) is 41.7 Å². The van der Waals surface area contributed by atoms with Gasteiger partial charge < -0.3 is 10.1 Å². The molecule has 0 saturated carbocycles. The first-order valence-electron chi connectivity index (χ1n) is 11.2. The van der Waals surface area contributed by atoms with Gasteiger partial charge in [-0.2, -0.15) is 0 Å². The molecule has 0 spiro atoms. The van der Waals surface area contributed by atoms with Gasteiger partial charge in [-0.05, 0) is 67.9 Å². The van der Waals surface area contributed by atoms with Crippen LogP contribution in [0.1, 0.15) is 33.1 Å². The summed E-state index contributed by atoms with van der Waals surface area (Å²) in [4.78, 5) is 18.6. The lowest BCUT2D eigenvalue weighted by molar-refractivity contribution is 0.103. The highest BCUT2D eigenvalue weighted by Gasteiger charge is 2.20. The van der Waals surface area contributed by atoms with Crippen molar-refractivity contribution in [2.75, 3.05) is 16.3 Å². The van der Waals surface area contributed by atoms with E-state index < -0.39 is 33.7 Å². The van der Waals surface area contributed by atoms with E-state index in [4.69, 9.17) is 16.3 Å². The lowest BCUT2D eigenvalue weighted by Gasteiger charge is -2.17. The predicted octanol–water partition coefficient (Wildman–Crippen LogP) is 6.81. The molecule has 2 heterocycles. The molecule has 0 aliphatic carbocycles. The number of benzene rings is 2. The van der Waals surface area contributed by atoms with Crippen molar-refractivity contribution < 1.29 is 26.7 Å². The molecule has 2 N–H and O–H groups in total. The third kappa shape index (κ3) is 6.85. The molecule has 7 nitrogen and oxygen atoms in total. The maximum Gasteiger partial charge on any atom is 0.265 e. The summed E-state index contributed by atoms with van der Waals surface area (Å²) < 4.78 is 58.8. The number of rotatable bonds is 8. The standard InChI is InChI=1S/C26H22ClF2N3O4S2/c1-14(16-7-18(28)11-19(29)8-16)36-23-5-4-6-30-25(23)22-13-24(37-15(22)2)26(33)31-20-9-17(27)10-21(12-20)32-38(3,34)35/h4-14,32H,1-3H3,(H,31,33)/t14-/m1/s1. The Kier molecular flexibility index (Phi) is 8.00. The Bertz CT molecular complexity index is 1610. The monoisotopic (exact) mass is 577 g/mol. The first-order chi connectivity index (χ1) is 17.9. The molecular weight excluding hydrogens is 556 g/mol. The molecule has 0 aliphatic rings. The lowest BCUT2D eigenvalue weighted by Crippen LogP contribution is -2.12. The summed E-state index contributed by atoms with van der Waals surface area (Å²) in [7, 11) is -3.53. The number of carbonyl (C=O) groups excluding carboxylic acids is 1. The molecule has 198 valence electrons. The van der Waals surface area contributed by atoms with Gasteiger partial charge in [-0.15, -0.1) is 11.3 Å². The minimum absolute atomic E-state index is 0.209. The SMILES string of the molecule is Cc1sc(C(=O)Nc2cc(Cl)cc(NS(C)(=O)=O)c2)cc1-c1ncccc1O[C@H](C)c1cc(F)cc(F)c1. The number of hydrogen-bond acceptors (Lipinski definition) is 6. The van der Waals surface area contributed by atoms with E-state index in [2.05, 4.69) is 15.0 Å². The number of anilines is 2. The molecule has 4 rings (SSSR count). The molecule has 2 aromatic heterocycles. The number of carbonyl (C=O) groups is 1. The van der Waals surface area contributed by atoms with Crippen LogP contribution in [0.15, 0.2) is 60.8 Å². The topological polar surface area (TPSA) is 97.4 Å². The van der Waals surface area contributed by atoms with Crippen molar-refractivity contribution in [1.82, 2.24) is 4.98 Å². The van der Waals surface area contributed by atoms with Crippen LogP contribution in [0.5, 0.6) is 5.75 Å². The van der Waals surface area contributed by atoms with Crippen LogP contribution in [-0.4, -0.2) is 25.6 Å². The van der Waals surface area contributed by atoms with E-state index in [1.807, 2.05) is 6.92 Å². The van der Waals surface area contributed by atoms with Gasteiger partial charge in [-0.1, -0.05) is 11.6 Å². The number of sulfonamides is 1. The Morgan fingerprint density at radius 2 is 1.76 bits per heavy atom. The Morgan fingerprint density at radius 3 is 2.45 bits per heavy atom. The molecule has 4 aromatic rings. The number of pyridine rings is 1. The number of hydrogen-bond donors (Lipinski definition) is 2. The minimum Gasteiger partial charge on any atom is -0.484 e. The van der Waals surface area contributed by atoms with Crippen LogP contribution >= 0.6 is 22.9 Å². The minimum atomic E-state index is -3.53. The number of thiophene rings is 1.